The Bertz CT molecular complexity index is 1510. The highest BCUT2D eigenvalue weighted by molar-refractivity contribution is 5.88. The molecule has 3 saturated heterocycles. The van der Waals surface area contributed by atoms with Crippen molar-refractivity contribution < 1.29 is 47.8 Å². The maximum Gasteiger partial charge on any atom is 0.186 e. The zero-order chi connectivity index (χ0) is 33.5. The fourth-order valence-corrected chi connectivity index (χ4v) is 6.40. The lowest BCUT2D eigenvalue weighted by Gasteiger charge is -2.49. The molecule has 3 aromatic carbocycles. The lowest BCUT2D eigenvalue weighted by atomic mass is 9.81. The van der Waals surface area contributed by atoms with E-state index in [2.05, 4.69) is 10.0 Å². The third-order valence-corrected chi connectivity index (χ3v) is 8.78. The van der Waals surface area contributed by atoms with Gasteiger partial charge in [-0.05, 0) is 16.7 Å². The van der Waals surface area contributed by atoms with Crippen molar-refractivity contribution in [3.63, 3.8) is 0 Å². The number of hydrogen-bond acceptors (Lipinski definition) is 11. The van der Waals surface area contributed by atoms with E-state index in [0.717, 1.165) is 16.7 Å². The highest BCUT2D eigenvalue weighted by atomic mass is 16.7. The molecule has 13 heteroatoms. The topological polar surface area (TPSA) is 160 Å². The Hall–Kier alpha value is -3.72. The Morgan fingerprint density at radius 2 is 1.42 bits per heavy atom. The van der Waals surface area contributed by atoms with Crippen LogP contribution in [0.3, 0.4) is 0 Å². The van der Waals surface area contributed by atoms with Gasteiger partial charge < -0.3 is 43.0 Å². The second kappa shape index (κ2) is 16.1. The number of carbonyl (C=O) groups excluding carboxylic acids is 1. The Balaban J connectivity index is 1.29. The molecule has 3 aliphatic heterocycles. The molecule has 3 aliphatic rings. The summed E-state index contributed by atoms with van der Waals surface area (Å²) in [7, 11) is 2.81. The Labute approximate surface area is 278 Å². The van der Waals surface area contributed by atoms with E-state index in [1.54, 1.807) is 0 Å². The van der Waals surface area contributed by atoms with Crippen molar-refractivity contribution in [2.24, 2.45) is 11.0 Å². The number of ether oxygens (including phenoxy) is 8. The van der Waals surface area contributed by atoms with Crippen LogP contribution >= 0.6 is 0 Å². The van der Waals surface area contributed by atoms with Crippen LogP contribution in [0.15, 0.2) is 96.1 Å². The van der Waals surface area contributed by atoms with Gasteiger partial charge in [-0.3, -0.25) is 4.79 Å². The molecule has 0 amide bonds. The number of fused-ring (bicyclic) bond motifs is 1. The Morgan fingerprint density at radius 3 is 2.00 bits per heavy atom. The third kappa shape index (κ3) is 7.46. The number of benzene rings is 3. The van der Waals surface area contributed by atoms with Gasteiger partial charge in [-0.1, -0.05) is 96.1 Å². The number of carbonyl (C=O) groups is 1. The number of aliphatic hydroxyl groups is 1. The van der Waals surface area contributed by atoms with Crippen LogP contribution in [0.25, 0.3) is 10.4 Å². The van der Waals surface area contributed by atoms with E-state index in [1.165, 1.54) is 14.2 Å². The Morgan fingerprint density at radius 1 is 0.833 bits per heavy atom. The molecule has 13 nitrogen and oxygen atoms in total. The van der Waals surface area contributed by atoms with Crippen molar-refractivity contribution in [1.29, 1.82) is 0 Å². The van der Waals surface area contributed by atoms with Crippen molar-refractivity contribution in [1.82, 2.24) is 0 Å². The first-order valence-corrected chi connectivity index (χ1v) is 15.8. The molecule has 0 unspecified atom stereocenters. The summed E-state index contributed by atoms with van der Waals surface area (Å²) >= 11 is 0. The van der Waals surface area contributed by atoms with Crippen LogP contribution in [0.5, 0.6) is 0 Å². The number of hydrogen-bond donors (Lipinski definition) is 1. The SMILES string of the molecule is CO[C@H]1O[C@H]([C@@H](O)[C@H]2C(=O)[C@@H]3O[C@H](c4ccccc4)OC[C@H]3O[C@@H]2OC)[C@@H](N=[N+]=[N-])[C@H](OCc2ccccc2)[C@H]1OCc1ccccc1. The van der Waals surface area contributed by atoms with Gasteiger partial charge in [0.1, 0.15) is 24.4 Å². The fraction of sp³-hybridized carbons (Fsp3) is 0.457. The molecule has 11 atom stereocenters. The summed E-state index contributed by atoms with van der Waals surface area (Å²) in [5, 5.41) is 16.1. The van der Waals surface area contributed by atoms with E-state index < -0.39 is 73.2 Å². The second-order valence-corrected chi connectivity index (χ2v) is 11.8. The summed E-state index contributed by atoms with van der Waals surface area (Å²) in [6.45, 7) is 0.390. The lowest BCUT2D eigenvalue weighted by Crippen LogP contribution is -2.66. The van der Waals surface area contributed by atoms with Gasteiger partial charge in [0, 0.05) is 24.7 Å². The Kier molecular flexibility index (Phi) is 11.5. The van der Waals surface area contributed by atoms with Crippen LogP contribution in [0.2, 0.25) is 0 Å². The third-order valence-electron chi connectivity index (χ3n) is 8.78. The number of ketones is 1. The predicted molar refractivity (Wildman–Crippen MR) is 169 cm³/mol. The van der Waals surface area contributed by atoms with Crippen LogP contribution in [-0.2, 0) is 55.9 Å². The van der Waals surface area contributed by atoms with Crippen molar-refractivity contribution in [2.45, 2.75) is 74.7 Å². The quantitative estimate of drug-likeness (QED) is 0.169. The molecule has 0 bridgehead atoms. The minimum Gasteiger partial charge on any atom is -0.389 e. The molecule has 3 fully saturated rings. The van der Waals surface area contributed by atoms with Crippen LogP contribution in [0, 0.1) is 5.92 Å². The predicted octanol–water partition coefficient (Wildman–Crippen LogP) is 4.24. The lowest BCUT2D eigenvalue weighted by molar-refractivity contribution is -0.328. The molecular weight excluding hydrogens is 622 g/mol. The van der Waals surface area contributed by atoms with E-state index in [4.69, 9.17) is 37.9 Å². The van der Waals surface area contributed by atoms with E-state index in [9.17, 15) is 15.4 Å². The van der Waals surface area contributed by atoms with Gasteiger partial charge in [0.15, 0.2) is 24.7 Å². The molecule has 3 heterocycles. The van der Waals surface area contributed by atoms with Gasteiger partial charge in [0.05, 0.1) is 44.0 Å². The maximum absolute atomic E-state index is 14.2. The average molecular weight is 662 g/mol. The fourth-order valence-electron chi connectivity index (χ4n) is 6.40. The number of azide groups is 1. The number of nitrogens with zero attached hydrogens (tertiary/aromatic N) is 3. The normalized spacial score (nSPS) is 32.5. The van der Waals surface area contributed by atoms with Crippen molar-refractivity contribution in [3.05, 3.63) is 118 Å². The van der Waals surface area contributed by atoms with Crippen LogP contribution < -0.4 is 0 Å². The molecule has 0 aliphatic carbocycles. The van der Waals surface area contributed by atoms with Crippen molar-refractivity contribution in [3.8, 4) is 0 Å². The second-order valence-electron chi connectivity index (χ2n) is 11.8. The van der Waals surface area contributed by atoms with Crippen molar-refractivity contribution >= 4 is 5.78 Å². The molecule has 1 N–H and O–H groups in total. The molecule has 6 rings (SSSR count). The van der Waals surface area contributed by atoms with Gasteiger partial charge in [-0.25, -0.2) is 0 Å². The molecule has 0 spiro atoms. The van der Waals surface area contributed by atoms with Gasteiger partial charge in [-0.2, -0.15) is 0 Å². The minimum absolute atomic E-state index is 0.0709. The van der Waals surface area contributed by atoms with Crippen LogP contribution in [0.4, 0.5) is 0 Å². The number of aliphatic hydroxyl groups excluding tert-OH is 1. The van der Waals surface area contributed by atoms with Gasteiger partial charge in [0.25, 0.3) is 0 Å². The summed E-state index contributed by atoms with van der Waals surface area (Å²) in [6, 6.07) is 27.0. The van der Waals surface area contributed by atoms with E-state index in [1.807, 2.05) is 91.0 Å². The molecule has 3 aromatic rings. The molecule has 0 radical (unpaired) electrons. The molecule has 254 valence electrons. The average Bonchev–Trinajstić information content (AvgIpc) is 3.14. The molecule has 48 heavy (non-hydrogen) atoms. The summed E-state index contributed by atoms with van der Waals surface area (Å²) in [5.41, 5.74) is 12.2. The summed E-state index contributed by atoms with van der Waals surface area (Å²) in [6.07, 6.45) is -9.64. The summed E-state index contributed by atoms with van der Waals surface area (Å²) < 4.78 is 48.4. The summed E-state index contributed by atoms with van der Waals surface area (Å²) in [5.74, 6) is -1.75. The number of rotatable bonds is 12. The molecule has 0 saturated carbocycles. The first-order chi connectivity index (χ1) is 23.5. The van der Waals surface area contributed by atoms with Crippen LogP contribution in [0.1, 0.15) is 23.0 Å². The number of Topliss-reactive ketones (excluding diaryl/α,β-unsaturated/α-hetero) is 1. The number of methoxy groups -OCH3 is 2. The van der Waals surface area contributed by atoms with Gasteiger partial charge in [0.2, 0.25) is 0 Å². The largest absolute Gasteiger partial charge is 0.389 e. The molecule has 0 aromatic heterocycles. The summed E-state index contributed by atoms with van der Waals surface area (Å²) in [4.78, 5) is 17.3. The van der Waals surface area contributed by atoms with E-state index in [0.29, 0.717) is 0 Å². The smallest absolute Gasteiger partial charge is 0.186 e. The highest BCUT2D eigenvalue weighted by Crippen LogP contribution is 2.39. The van der Waals surface area contributed by atoms with E-state index >= 15 is 0 Å². The zero-order valence-corrected chi connectivity index (χ0v) is 26.6. The monoisotopic (exact) mass is 661 g/mol. The van der Waals surface area contributed by atoms with Gasteiger partial charge in [-0.15, -0.1) is 0 Å². The molecular formula is C35H39N3O10. The van der Waals surface area contributed by atoms with Gasteiger partial charge >= 0.3 is 0 Å². The van der Waals surface area contributed by atoms with Crippen LogP contribution in [-0.4, -0.2) is 87.0 Å². The first-order valence-electron chi connectivity index (χ1n) is 15.8. The zero-order valence-electron chi connectivity index (χ0n) is 26.6. The maximum atomic E-state index is 14.2. The standard InChI is InChI=1S/C35H39N3O10/c1-41-34-25(27(39)29-24(46-34)20-45-33(47-29)23-16-10-5-11-17-23)28(40)30-26(37-38-36)31(43-18-21-12-6-3-7-13-21)32(35(42-2)48-30)44-19-22-14-8-4-9-15-22/h3-17,24-26,28-35,40H,18-20H2,1-2H3/t24-,25-,26-,28+,29-,30+,31+,32-,33-,34+,35+/m1/s1. The minimum atomic E-state index is -1.60. The first kappa shape index (κ1) is 34.2. The van der Waals surface area contributed by atoms with Crippen molar-refractivity contribution in [2.75, 3.05) is 20.8 Å². The van der Waals surface area contributed by atoms with E-state index in [-0.39, 0.29) is 19.8 Å². The highest BCUT2D eigenvalue weighted by Gasteiger charge is 2.57.